The summed E-state index contributed by atoms with van der Waals surface area (Å²) in [5.74, 6) is 0.173. The molecule has 0 aliphatic rings. The van der Waals surface area contributed by atoms with Gasteiger partial charge in [-0.3, -0.25) is 0 Å². The molecule has 0 aliphatic heterocycles. The Morgan fingerprint density at radius 3 is 2.63 bits per heavy atom. The lowest BCUT2D eigenvalue weighted by Crippen LogP contribution is -2.26. The van der Waals surface area contributed by atoms with Crippen LogP contribution in [-0.2, 0) is 0 Å². The van der Waals surface area contributed by atoms with Gasteiger partial charge in [0.1, 0.15) is 17.9 Å². The maximum atomic E-state index is 11.0. The molecule has 0 aliphatic carbocycles. The second-order valence-electron chi connectivity index (χ2n) is 5.14. The Hall–Kier alpha value is -1.55. The number of hydrogen-bond donors (Lipinski definition) is 1. The van der Waals surface area contributed by atoms with Crippen LogP contribution in [0.3, 0.4) is 0 Å². The summed E-state index contributed by atoms with van der Waals surface area (Å²) >= 11 is 0. The first-order chi connectivity index (χ1) is 9.00. The number of hydrogen-bond acceptors (Lipinski definition) is 3. The quantitative estimate of drug-likeness (QED) is 0.785. The number of aromatic carboxylic acids is 1. The number of para-hydroxylation sites is 1. The van der Waals surface area contributed by atoms with Crippen LogP contribution in [0.15, 0.2) is 24.3 Å². The average Bonchev–Trinajstić information content (AvgIpc) is 2.36. The molecule has 0 unspecified atom stereocenters. The van der Waals surface area contributed by atoms with E-state index in [0.29, 0.717) is 18.3 Å². The highest BCUT2D eigenvalue weighted by Gasteiger charge is 2.10. The molecule has 0 fully saturated rings. The third kappa shape index (κ3) is 5.75. The number of rotatable bonds is 8. The van der Waals surface area contributed by atoms with E-state index >= 15 is 0 Å². The van der Waals surface area contributed by atoms with Gasteiger partial charge in [-0.15, -0.1) is 0 Å². The standard InChI is InChI=1S/C15H23NO3/c1-12(2)8-9-16(3)10-11-19-14-7-5-4-6-13(14)15(17)18/h4-7,12H,8-11H2,1-3H3,(H,17,18). The van der Waals surface area contributed by atoms with Crippen LogP contribution in [0.5, 0.6) is 5.75 Å². The van der Waals surface area contributed by atoms with E-state index in [1.165, 1.54) is 0 Å². The number of nitrogens with zero attached hydrogens (tertiary/aromatic N) is 1. The molecule has 0 bridgehead atoms. The Bertz CT molecular complexity index is 404. The van der Waals surface area contributed by atoms with E-state index in [9.17, 15) is 4.79 Å². The fraction of sp³-hybridized carbons (Fsp3) is 0.533. The molecule has 19 heavy (non-hydrogen) atoms. The first-order valence-electron chi connectivity index (χ1n) is 6.64. The highest BCUT2D eigenvalue weighted by molar-refractivity contribution is 5.90. The third-order valence-electron chi connectivity index (χ3n) is 2.94. The topological polar surface area (TPSA) is 49.8 Å². The summed E-state index contributed by atoms with van der Waals surface area (Å²) in [6.07, 6.45) is 1.15. The van der Waals surface area contributed by atoms with E-state index in [1.54, 1.807) is 24.3 Å². The molecule has 0 atom stereocenters. The number of carboxylic acid groups (broad SMARTS) is 1. The van der Waals surface area contributed by atoms with E-state index in [1.807, 2.05) is 0 Å². The molecule has 0 amide bonds. The second-order valence-corrected chi connectivity index (χ2v) is 5.14. The van der Waals surface area contributed by atoms with Gasteiger partial charge in [0.15, 0.2) is 0 Å². The highest BCUT2D eigenvalue weighted by atomic mass is 16.5. The summed E-state index contributed by atoms with van der Waals surface area (Å²) in [4.78, 5) is 13.2. The Morgan fingerprint density at radius 1 is 1.32 bits per heavy atom. The van der Waals surface area contributed by atoms with E-state index in [4.69, 9.17) is 9.84 Å². The van der Waals surface area contributed by atoms with E-state index in [0.717, 1.165) is 19.5 Å². The van der Waals surface area contributed by atoms with Gasteiger partial charge in [-0.1, -0.05) is 26.0 Å². The van der Waals surface area contributed by atoms with Crippen molar-refractivity contribution in [1.82, 2.24) is 4.90 Å². The molecular weight excluding hydrogens is 242 g/mol. The van der Waals surface area contributed by atoms with Gasteiger partial charge in [0.25, 0.3) is 0 Å². The molecular formula is C15H23NO3. The highest BCUT2D eigenvalue weighted by Crippen LogP contribution is 2.17. The molecule has 0 aromatic heterocycles. The SMILES string of the molecule is CC(C)CCN(C)CCOc1ccccc1C(=O)O. The van der Waals surface area contributed by atoms with Crippen molar-refractivity contribution < 1.29 is 14.6 Å². The summed E-state index contributed by atoms with van der Waals surface area (Å²) in [5.41, 5.74) is 0.215. The summed E-state index contributed by atoms with van der Waals surface area (Å²) in [6.45, 7) is 6.72. The number of carbonyl (C=O) groups is 1. The van der Waals surface area contributed by atoms with Crippen molar-refractivity contribution in [2.75, 3.05) is 26.7 Å². The average molecular weight is 265 g/mol. The zero-order valence-electron chi connectivity index (χ0n) is 11.9. The number of carboxylic acids is 1. The zero-order chi connectivity index (χ0) is 14.3. The van der Waals surface area contributed by atoms with Crippen LogP contribution >= 0.6 is 0 Å². The zero-order valence-corrected chi connectivity index (χ0v) is 11.9. The fourth-order valence-electron chi connectivity index (χ4n) is 1.67. The molecule has 0 spiro atoms. The van der Waals surface area contributed by atoms with Crippen molar-refractivity contribution in [2.24, 2.45) is 5.92 Å². The predicted molar refractivity (Wildman–Crippen MR) is 75.8 cm³/mol. The van der Waals surface area contributed by atoms with Crippen molar-refractivity contribution in [3.8, 4) is 5.75 Å². The number of benzene rings is 1. The van der Waals surface area contributed by atoms with Gasteiger partial charge in [0.2, 0.25) is 0 Å². The lowest BCUT2D eigenvalue weighted by molar-refractivity contribution is 0.0691. The second kappa shape index (κ2) is 7.79. The van der Waals surface area contributed by atoms with E-state index < -0.39 is 5.97 Å². The first kappa shape index (κ1) is 15.5. The van der Waals surface area contributed by atoms with Crippen molar-refractivity contribution in [3.63, 3.8) is 0 Å². The van der Waals surface area contributed by atoms with Crippen LogP contribution in [-0.4, -0.2) is 42.7 Å². The summed E-state index contributed by atoms with van der Waals surface area (Å²) in [7, 11) is 2.05. The maximum Gasteiger partial charge on any atom is 0.339 e. The minimum absolute atomic E-state index is 0.215. The van der Waals surface area contributed by atoms with Crippen LogP contribution in [0.25, 0.3) is 0 Å². The minimum Gasteiger partial charge on any atom is -0.491 e. The third-order valence-corrected chi connectivity index (χ3v) is 2.94. The Kier molecular flexibility index (Phi) is 6.36. The van der Waals surface area contributed by atoms with E-state index in [2.05, 4.69) is 25.8 Å². The van der Waals surface area contributed by atoms with Crippen molar-refractivity contribution >= 4 is 5.97 Å². The van der Waals surface area contributed by atoms with Crippen molar-refractivity contribution in [1.29, 1.82) is 0 Å². The van der Waals surface area contributed by atoms with Crippen LogP contribution < -0.4 is 4.74 Å². The van der Waals surface area contributed by atoms with Crippen LogP contribution in [0.4, 0.5) is 0 Å². The lowest BCUT2D eigenvalue weighted by atomic mass is 10.1. The molecule has 1 aromatic carbocycles. The van der Waals surface area contributed by atoms with Gasteiger partial charge >= 0.3 is 5.97 Å². The number of likely N-dealkylation sites (N-methyl/N-ethyl adjacent to an activating group) is 1. The van der Waals surface area contributed by atoms with Crippen LogP contribution in [0.2, 0.25) is 0 Å². The molecule has 4 heteroatoms. The molecule has 0 heterocycles. The Labute approximate surface area is 115 Å². The molecule has 0 radical (unpaired) electrons. The number of ether oxygens (including phenoxy) is 1. The molecule has 4 nitrogen and oxygen atoms in total. The smallest absolute Gasteiger partial charge is 0.339 e. The molecule has 106 valence electrons. The Morgan fingerprint density at radius 2 is 2.00 bits per heavy atom. The molecule has 1 aromatic rings. The van der Waals surface area contributed by atoms with Gasteiger partial charge in [-0.05, 0) is 38.1 Å². The van der Waals surface area contributed by atoms with E-state index in [-0.39, 0.29) is 5.56 Å². The molecule has 1 rings (SSSR count). The Balaban J connectivity index is 2.39. The van der Waals surface area contributed by atoms with Gasteiger partial charge in [0, 0.05) is 6.54 Å². The summed E-state index contributed by atoms with van der Waals surface area (Å²) in [6, 6.07) is 6.73. The fourth-order valence-corrected chi connectivity index (χ4v) is 1.67. The van der Waals surface area contributed by atoms with Crippen LogP contribution in [0.1, 0.15) is 30.6 Å². The largest absolute Gasteiger partial charge is 0.491 e. The van der Waals surface area contributed by atoms with Crippen molar-refractivity contribution in [3.05, 3.63) is 29.8 Å². The van der Waals surface area contributed by atoms with Crippen LogP contribution in [0, 0.1) is 5.92 Å². The monoisotopic (exact) mass is 265 g/mol. The van der Waals surface area contributed by atoms with Gasteiger partial charge in [-0.25, -0.2) is 4.79 Å². The van der Waals surface area contributed by atoms with Crippen molar-refractivity contribution in [2.45, 2.75) is 20.3 Å². The molecule has 1 N–H and O–H groups in total. The normalized spacial score (nSPS) is 11.0. The van der Waals surface area contributed by atoms with Gasteiger partial charge < -0.3 is 14.7 Å². The lowest BCUT2D eigenvalue weighted by Gasteiger charge is -2.18. The van der Waals surface area contributed by atoms with Gasteiger partial charge in [0.05, 0.1) is 0 Å². The molecule has 0 saturated heterocycles. The summed E-state index contributed by atoms with van der Waals surface area (Å²) < 4.78 is 5.55. The maximum absolute atomic E-state index is 11.0. The van der Waals surface area contributed by atoms with Gasteiger partial charge in [-0.2, -0.15) is 0 Å². The molecule has 0 saturated carbocycles. The predicted octanol–water partition coefficient (Wildman–Crippen LogP) is 2.74. The first-order valence-corrected chi connectivity index (χ1v) is 6.64. The summed E-state index contributed by atoms with van der Waals surface area (Å²) in [5, 5.41) is 9.03. The minimum atomic E-state index is -0.955.